The predicted molar refractivity (Wildman–Crippen MR) is 91.1 cm³/mol. The van der Waals surface area contributed by atoms with Crippen molar-refractivity contribution in [2.45, 2.75) is 17.1 Å². The van der Waals surface area contributed by atoms with Crippen LogP contribution in [0.3, 0.4) is 0 Å². The first-order valence-corrected chi connectivity index (χ1v) is 8.13. The fraction of sp³-hybridized carbons (Fsp3) is 0.188. The zero-order chi connectivity index (χ0) is 15.2. The summed E-state index contributed by atoms with van der Waals surface area (Å²) in [7, 11) is 1.59. The second-order valence-electron chi connectivity index (χ2n) is 4.40. The smallest absolute Gasteiger partial charge is 0.237 e. The zero-order valence-corrected chi connectivity index (χ0v) is 14.2. The van der Waals surface area contributed by atoms with Gasteiger partial charge < -0.3 is 10.1 Å². The molecule has 21 heavy (non-hydrogen) atoms. The molecule has 2 aromatic carbocycles. The Balaban J connectivity index is 2.01. The minimum atomic E-state index is -0.198. The fourth-order valence-electron chi connectivity index (χ4n) is 1.75. The van der Waals surface area contributed by atoms with E-state index in [4.69, 9.17) is 4.74 Å². The second kappa shape index (κ2) is 7.52. The van der Waals surface area contributed by atoms with E-state index in [0.717, 1.165) is 9.37 Å². The van der Waals surface area contributed by atoms with Crippen LogP contribution in [0.5, 0.6) is 5.75 Å². The van der Waals surface area contributed by atoms with E-state index >= 15 is 0 Å². The summed E-state index contributed by atoms with van der Waals surface area (Å²) in [5.74, 6) is 0.610. The molecule has 0 saturated heterocycles. The van der Waals surface area contributed by atoms with E-state index in [1.54, 1.807) is 7.11 Å². The lowest BCUT2D eigenvalue weighted by Crippen LogP contribution is -2.22. The van der Waals surface area contributed by atoms with Crippen LogP contribution >= 0.6 is 27.7 Å². The number of thioether (sulfide) groups is 1. The van der Waals surface area contributed by atoms with Crippen LogP contribution in [-0.4, -0.2) is 18.3 Å². The highest BCUT2D eigenvalue weighted by Gasteiger charge is 2.16. The van der Waals surface area contributed by atoms with Gasteiger partial charge in [-0.3, -0.25) is 4.79 Å². The molecule has 0 unspecified atom stereocenters. The summed E-state index contributed by atoms with van der Waals surface area (Å²) in [4.78, 5) is 13.3. The molecule has 3 nitrogen and oxygen atoms in total. The van der Waals surface area contributed by atoms with Crippen LogP contribution in [0.2, 0.25) is 0 Å². The first kappa shape index (κ1) is 15.9. The molecule has 0 saturated carbocycles. The summed E-state index contributed by atoms with van der Waals surface area (Å²) >= 11 is 4.92. The maximum Gasteiger partial charge on any atom is 0.237 e. The van der Waals surface area contributed by atoms with Gasteiger partial charge >= 0.3 is 0 Å². The van der Waals surface area contributed by atoms with E-state index in [9.17, 15) is 4.79 Å². The number of para-hydroxylation sites is 2. The Labute approximate surface area is 137 Å². The molecule has 0 heterocycles. The number of amides is 1. The topological polar surface area (TPSA) is 38.3 Å². The number of rotatable bonds is 5. The van der Waals surface area contributed by atoms with Crippen LogP contribution in [0.1, 0.15) is 6.92 Å². The van der Waals surface area contributed by atoms with E-state index in [2.05, 4.69) is 21.2 Å². The largest absolute Gasteiger partial charge is 0.495 e. The number of carbonyl (C=O) groups is 1. The number of ether oxygens (including phenoxy) is 1. The Morgan fingerprint density at radius 1 is 1.19 bits per heavy atom. The van der Waals surface area contributed by atoms with Gasteiger partial charge in [0.1, 0.15) is 5.75 Å². The van der Waals surface area contributed by atoms with E-state index in [1.807, 2.05) is 55.5 Å². The standard InChI is InChI=1S/C16H16BrNO2S/c1-11(21-13-9-7-12(17)8-10-13)16(19)18-14-5-3-4-6-15(14)20-2/h3-11H,1-2H3,(H,18,19)/t11-/m0/s1. The molecule has 1 N–H and O–H groups in total. The van der Waals surface area contributed by atoms with Crippen molar-refractivity contribution in [1.29, 1.82) is 0 Å². The van der Waals surface area contributed by atoms with Gasteiger partial charge in [-0.2, -0.15) is 0 Å². The van der Waals surface area contributed by atoms with Gasteiger partial charge in [-0.15, -0.1) is 11.8 Å². The van der Waals surface area contributed by atoms with Gasteiger partial charge in [0.25, 0.3) is 0 Å². The molecule has 2 aromatic rings. The van der Waals surface area contributed by atoms with Crippen molar-refractivity contribution >= 4 is 39.3 Å². The molecule has 1 atom stereocenters. The zero-order valence-electron chi connectivity index (χ0n) is 11.8. The first-order valence-electron chi connectivity index (χ1n) is 6.46. The van der Waals surface area contributed by atoms with Crippen molar-refractivity contribution in [3.63, 3.8) is 0 Å². The number of halogens is 1. The number of nitrogens with one attached hydrogen (secondary N) is 1. The first-order chi connectivity index (χ1) is 10.1. The Kier molecular flexibility index (Phi) is 5.70. The molecule has 0 spiro atoms. The number of hydrogen-bond donors (Lipinski definition) is 1. The molecule has 0 fully saturated rings. The van der Waals surface area contributed by atoms with Crippen molar-refractivity contribution in [3.8, 4) is 5.75 Å². The quantitative estimate of drug-likeness (QED) is 0.788. The molecule has 0 radical (unpaired) electrons. The Morgan fingerprint density at radius 2 is 1.86 bits per heavy atom. The molecule has 0 aromatic heterocycles. The molecule has 2 rings (SSSR count). The summed E-state index contributed by atoms with van der Waals surface area (Å²) in [6.07, 6.45) is 0. The average Bonchev–Trinajstić information content (AvgIpc) is 2.50. The molecule has 5 heteroatoms. The highest BCUT2D eigenvalue weighted by molar-refractivity contribution is 9.10. The van der Waals surface area contributed by atoms with Gasteiger partial charge in [-0.25, -0.2) is 0 Å². The van der Waals surface area contributed by atoms with Crippen molar-refractivity contribution in [1.82, 2.24) is 0 Å². The molecule has 0 aliphatic rings. The summed E-state index contributed by atoms with van der Waals surface area (Å²) < 4.78 is 6.26. The summed E-state index contributed by atoms with van der Waals surface area (Å²) in [5, 5.41) is 2.70. The second-order valence-corrected chi connectivity index (χ2v) is 6.73. The van der Waals surface area contributed by atoms with E-state index in [-0.39, 0.29) is 11.2 Å². The highest BCUT2D eigenvalue weighted by atomic mass is 79.9. The van der Waals surface area contributed by atoms with Crippen LogP contribution < -0.4 is 10.1 Å². The summed E-state index contributed by atoms with van der Waals surface area (Å²) in [5.41, 5.74) is 0.688. The van der Waals surface area contributed by atoms with Gasteiger partial charge in [0.15, 0.2) is 0 Å². The van der Waals surface area contributed by atoms with Crippen LogP contribution in [0, 0.1) is 0 Å². The van der Waals surface area contributed by atoms with Crippen molar-refractivity contribution in [3.05, 3.63) is 53.0 Å². The van der Waals surface area contributed by atoms with Crippen LogP contribution in [0.25, 0.3) is 0 Å². The van der Waals surface area contributed by atoms with Crippen LogP contribution in [-0.2, 0) is 4.79 Å². The monoisotopic (exact) mass is 365 g/mol. The van der Waals surface area contributed by atoms with E-state index < -0.39 is 0 Å². The molecule has 0 bridgehead atoms. The minimum Gasteiger partial charge on any atom is -0.495 e. The van der Waals surface area contributed by atoms with Crippen molar-refractivity contribution < 1.29 is 9.53 Å². The van der Waals surface area contributed by atoms with E-state index in [0.29, 0.717) is 11.4 Å². The molecule has 0 aliphatic carbocycles. The highest BCUT2D eigenvalue weighted by Crippen LogP contribution is 2.27. The Morgan fingerprint density at radius 3 is 2.52 bits per heavy atom. The van der Waals surface area contributed by atoms with Gasteiger partial charge in [0.05, 0.1) is 18.0 Å². The number of methoxy groups -OCH3 is 1. The third kappa shape index (κ3) is 4.51. The van der Waals surface area contributed by atoms with Crippen molar-refractivity contribution in [2.24, 2.45) is 0 Å². The summed E-state index contributed by atoms with van der Waals surface area (Å²) in [6, 6.07) is 15.3. The maximum atomic E-state index is 12.3. The third-order valence-electron chi connectivity index (χ3n) is 2.86. The Bertz CT molecular complexity index is 616. The number of benzene rings is 2. The molecule has 1 amide bonds. The summed E-state index contributed by atoms with van der Waals surface area (Å²) in [6.45, 7) is 1.89. The fourth-order valence-corrected chi connectivity index (χ4v) is 2.88. The predicted octanol–water partition coefficient (Wildman–Crippen LogP) is 4.58. The van der Waals surface area contributed by atoms with Gasteiger partial charge in [-0.1, -0.05) is 28.1 Å². The van der Waals surface area contributed by atoms with Gasteiger partial charge in [0, 0.05) is 9.37 Å². The van der Waals surface area contributed by atoms with Gasteiger partial charge in [-0.05, 0) is 43.3 Å². The Hall–Kier alpha value is -1.46. The maximum absolute atomic E-state index is 12.3. The minimum absolute atomic E-state index is 0.0487. The number of hydrogen-bond acceptors (Lipinski definition) is 3. The van der Waals surface area contributed by atoms with Crippen molar-refractivity contribution in [2.75, 3.05) is 12.4 Å². The molecular formula is C16H16BrNO2S. The lowest BCUT2D eigenvalue weighted by Gasteiger charge is -2.14. The lowest BCUT2D eigenvalue weighted by molar-refractivity contribution is -0.115. The van der Waals surface area contributed by atoms with Gasteiger partial charge in [0.2, 0.25) is 5.91 Å². The van der Waals surface area contributed by atoms with Crippen LogP contribution in [0.15, 0.2) is 57.9 Å². The molecule has 0 aliphatic heterocycles. The number of carbonyl (C=O) groups excluding carboxylic acids is 1. The average molecular weight is 366 g/mol. The third-order valence-corrected chi connectivity index (χ3v) is 4.50. The number of anilines is 1. The SMILES string of the molecule is COc1ccccc1NC(=O)[C@H](C)Sc1ccc(Br)cc1. The molecule has 110 valence electrons. The van der Waals surface area contributed by atoms with E-state index in [1.165, 1.54) is 11.8 Å². The van der Waals surface area contributed by atoms with Crippen LogP contribution in [0.4, 0.5) is 5.69 Å². The lowest BCUT2D eigenvalue weighted by atomic mass is 10.3. The molecular weight excluding hydrogens is 350 g/mol. The normalized spacial score (nSPS) is 11.8.